The van der Waals surface area contributed by atoms with Crippen molar-refractivity contribution in [3.63, 3.8) is 0 Å². The van der Waals surface area contributed by atoms with Gasteiger partial charge in [0.15, 0.2) is 0 Å². The highest BCUT2D eigenvalue weighted by Gasteiger charge is 2.11. The summed E-state index contributed by atoms with van der Waals surface area (Å²) < 4.78 is 1.02. The van der Waals surface area contributed by atoms with E-state index in [1.54, 1.807) is 0 Å². The molecule has 0 aliphatic carbocycles. The van der Waals surface area contributed by atoms with Crippen LogP contribution in [0.25, 0.3) is 0 Å². The number of hydrogen-bond acceptors (Lipinski definition) is 3. The van der Waals surface area contributed by atoms with E-state index in [1.807, 2.05) is 24.9 Å². The smallest absolute Gasteiger partial charge is 0.239 e. The number of anilines is 1. The Hall–Kier alpha value is -1.07. The van der Waals surface area contributed by atoms with Gasteiger partial charge in [0.05, 0.1) is 6.54 Å². The molecule has 20 heavy (non-hydrogen) atoms. The van der Waals surface area contributed by atoms with Crippen LogP contribution in [-0.4, -0.2) is 32.6 Å². The van der Waals surface area contributed by atoms with Gasteiger partial charge in [-0.05, 0) is 37.6 Å². The van der Waals surface area contributed by atoms with Crippen LogP contribution in [0.4, 0.5) is 5.69 Å². The second-order valence-electron chi connectivity index (χ2n) is 4.76. The summed E-state index contributed by atoms with van der Waals surface area (Å²) in [7, 11) is 1.94. The van der Waals surface area contributed by atoms with Crippen molar-refractivity contribution in [3.05, 3.63) is 28.2 Å². The van der Waals surface area contributed by atoms with E-state index >= 15 is 0 Å². The number of carbonyl (C=O) groups is 1. The van der Waals surface area contributed by atoms with Gasteiger partial charge in [0.1, 0.15) is 0 Å². The highest BCUT2D eigenvalue weighted by atomic mass is 79.9. The SMILES string of the molecule is CCCNCc1ccc(Br)cc1N(C)CC(=O)NCC. The topological polar surface area (TPSA) is 44.4 Å². The Balaban J connectivity index is 2.79. The minimum atomic E-state index is 0.0439. The number of halogens is 1. The summed E-state index contributed by atoms with van der Waals surface area (Å²) in [5, 5.41) is 6.23. The minimum Gasteiger partial charge on any atom is -0.365 e. The highest BCUT2D eigenvalue weighted by Crippen LogP contribution is 2.24. The van der Waals surface area contributed by atoms with Gasteiger partial charge in [0, 0.05) is 30.3 Å². The quantitative estimate of drug-likeness (QED) is 0.714. The molecule has 5 heteroatoms. The van der Waals surface area contributed by atoms with Crippen molar-refractivity contribution in [3.8, 4) is 0 Å². The van der Waals surface area contributed by atoms with Gasteiger partial charge in [-0.3, -0.25) is 4.79 Å². The average Bonchev–Trinajstić information content (AvgIpc) is 2.40. The molecule has 0 atom stereocenters. The third-order valence-corrected chi connectivity index (χ3v) is 3.45. The lowest BCUT2D eigenvalue weighted by atomic mass is 10.1. The third-order valence-electron chi connectivity index (χ3n) is 2.96. The molecule has 1 aromatic carbocycles. The molecular formula is C15H24BrN3O. The normalized spacial score (nSPS) is 10.4. The summed E-state index contributed by atoms with van der Waals surface area (Å²) in [6.07, 6.45) is 1.11. The molecule has 2 N–H and O–H groups in total. The number of carbonyl (C=O) groups excluding carboxylic acids is 1. The first-order valence-corrected chi connectivity index (χ1v) is 7.84. The fourth-order valence-electron chi connectivity index (χ4n) is 2.00. The van der Waals surface area contributed by atoms with Gasteiger partial charge in [-0.25, -0.2) is 0 Å². The molecule has 0 saturated heterocycles. The van der Waals surface area contributed by atoms with E-state index in [1.165, 1.54) is 5.56 Å². The number of benzene rings is 1. The Morgan fingerprint density at radius 2 is 2.10 bits per heavy atom. The van der Waals surface area contributed by atoms with E-state index in [9.17, 15) is 4.79 Å². The van der Waals surface area contributed by atoms with Crippen molar-refractivity contribution in [1.29, 1.82) is 0 Å². The van der Waals surface area contributed by atoms with E-state index in [0.717, 1.165) is 29.7 Å². The molecular weight excluding hydrogens is 318 g/mol. The summed E-state index contributed by atoms with van der Waals surface area (Å²) in [4.78, 5) is 13.7. The lowest BCUT2D eigenvalue weighted by Crippen LogP contribution is -2.35. The number of amides is 1. The Kier molecular flexibility index (Phi) is 7.62. The first-order valence-electron chi connectivity index (χ1n) is 7.05. The van der Waals surface area contributed by atoms with Crippen molar-refractivity contribution in [2.45, 2.75) is 26.8 Å². The lowest BCUT2D eigenvalue weighted by Gasteiger charge is -2.22. The van der Waals surface area contributed by atoms with Crippen molar-refractivity contribution >= 4 is 27.5 Å². The molecule has 0 aromatic heterocycles. The highest BCUT2D eigenvalue weighted by molar-refractivity contribution is 9.10. The number of rotatable bonds is 8. The first kappa shape index (κ1) is 17.0. The van der Waals surface area contributed by atoms with Crippen LogP contribution < -0.4 is 15.5 Å². The maximum atomic E-state index is 11.7. The van der Waals surface area contributed by atoms with Gasteiger partial charge in [0.2, 0.25) is 5.91 Å². The molecule has 1 amide bonds. The summed E-state index contributed by atoms with van der Waals surface area (Å²) in [5.41, 5.74) is 2.28. The van der Waals surface area contributed by atoms with Gasteiger partial charge >= 0.3 is 0 Å². The maximum absolute atomic E-state index is 11.7. The second-order valence-corrected chi connectivity index (χ2v) is 5.68. The van der Waals surface area contributed by atoms with Gasteiger partial charge < -0.3 is 15.5 Å². The fourth-order valence-corrected chi connectivity index (χ4v) is 2.34. The molecule has 0 unspecified atom stereocenters. The van der Waals surface area contributed by atoms with Crippen LogP contribution in [0.5, 0.6) is 0 Å². The van der Waals surface area contributed by atoms with Crippen LogP contribution in [0.3, 0.4) is 0 Å². The van der Waals surface area contributed by atoms with Gasteiger partial charge in [-0.1, -0.05) is 28.9 Å². The summed E-state index contributed by atoms with van der Waals surface area (Å²) in [6.45, 7) is 6.92. The molecule has 1 aromatic rings. The predicted molar refractivity (Wildman–Crippen MR) is 88.1 cm³/mol. The Bertz CT molecular complexity index is 437. The Morgan fingerprint density at radius 1 is 1.35 bits per heavy atom. The molecule has 0 bridgehead atoms. The molecule has 1 rings (SSSR count). The zero-order chi connectivity index (χ0) is 15.0. The molecule has 112 valence electrons. The van der Waals surface area contributed by atoms with Crippen molar-refractivity contribution in [1.82, 2.24) is 10.6 Å². The standard InChI is InChI=1S/C15H24BrN3O/c1-4-8-17-10-12-6-7-13(16)9-14(12)19(3)11-15(20)18-5-2/h6-7,9,17H,4-5,8,10-11H2,1-3H3,(H,18,20). The van der Waals surface area contributed by atoms with E-state index < -0.39 is 0 Å². The number of nitrogens with zero attached hydrogens (tertiary/aromatic N) is 1. The van der Waals surface area contributed by atoms with Crippen LogP contribution in [0.15, 0.2) is 22.7 Å². The van der Waals surface area contributed by atoms with Gasteiger partial charge in [0.25, 0.3) is 0 Å². The van der Waals surface area contributed by atoms with Crippen LogP contribution in [0.1, 0.15) is 25.8 Å². The molecule has 0 radical (unpaired) electrons. The maximum Gasteiger partial charge on any atom is 0.239 e. The Morgan fingerprint density at radius 3 is 2.75 bits per heavy atom. The fraction of sp³-hybridized carbons (Fsp3) is 0.533. The number of likely N-dealkylation sites (N-methyl/N-ethyl adjacent to an activating group) is 2. The van der Waals surface area contributed by atoms with Crippen LogP contribution in [0.2, 0.25) is 0 Å². The molecule has 4 nitrogen and oxygen atoms in total. The zero-order valence-electron chi connectivity index (χ0n) is 12.5. The first-order chi connectivity index (χ1) is 9.58. The van der Waals surface area contributed by atoms with Crippen molar-refractivity contribution in [2.24, 2.45) is 0 Å². The van der Waals surface area contributed by atoms with E-state index in [4.69, 9.17) is 0 Å². The van der Waals surface area contributed by atoms with Gasteiger partial charge in [-0.15, -0.1) is 0 Å². The van der Waals surface area contributed by atoms with Crippen molar-refractivity contribution in [2.75, 3.05) is 31.6 Å². The van der Waals surface area contributed by atoms with Gasteiger partial charge in [-0.2, -0.15) is 0 Å². The largest absolute Gasteiger partial charge is 0.365 e. The molecule has 0 saturated carbocycles. The molecule has 0 fully saturated rings. The second kappa shape index (κ2) is 8.97. The minimum absolute atomic E-state index is 0.0439. The molecule has 0 spiro atoms. The lowest BCUT2D eigenvalue weighted by molar-refractivity contribution is -0.119. The summed E-state index contributed by atoms with van der Waals surface area (Å²) in [5.74, 6) is 0.0439. The number of nitrogens with one attached hydrogen (secondary N) is 2. The average molecular weight is 342 g/mol. The third kappa shape index (κ3) is 5.51. The molecule has 0 heterocycles. The molecule has 0 aliphatic heterocycles. The zero-order valence-corrected chi connectivity index (χ0v) is 14.1. The number of hydrogen-bond donors (Lipinski definition) is 2. The van der Waals surface area contributed by atoms with E-state index in [2.05, 4.69) is 45.6 Å². The van der Waals surface area contributed by atoms with Crippen LogP contribution in [-0.2, 0) is 11.3 Å². The summed E-state index contributed by atoms with van der Waals surface area (Å²) >= 11 is 3.50. The van der Waals surface area contributed by atoms with Crippen LogP contribution >= 0.6 is 15.9 Å². The van der Waals surface area contributed by atoms with Crippen LogP contribution in [0, 0.1) is 0 Å². The Labute approximate surface area is 130 Å². The van der Waals surface area contributed by atoms with E-state index in [-0.39, 0.29) is 5.91 Å². The van der Waals surface area contributed by atoms with Crippen molar-refractivity contribution < 1.29 is 4.79 Å². The summed E-state index contributed by atoms with van der Waals surface area (Å²) in [6, 6.07) is 6.19. The van der Waals surface area contributed by atoms with E-state index in [0.29, 0.717) is 13.1 Å². The molecule has 0 aliphatic rings. The monoisotopic (exact) mass is 341 g/mol. The predicted octanol–water partition coefficient (Wildman–Crippen LogP) is 2.52.